The van der Waals surface area contributed by atoms with Crippen molar-refractivity contribution >= 4 is 0 Å². The molecule has 0 spiro atoms. The van der Waals surface area contributed by atoms with Gasteiger partial charge in [-0.15, -0.1) is 0 Å². The van der Waals surface area contributed by atoms with Gasteiger partial charge in [0.15, 0.2) is 0 Å². The van der Waals surface area contributed by atoms with Gasteiger partial charge in [-0.3, -0.25) is 0 Å². The summed E-state index contributed by atoms with van der Waals surface area (Å²) in [6.07, 6.45) is 8.80. The zero-order valence-corrected chi connectivity index (χ0v) is 11.1. The van der Waals surface area contributed by atoms with E-state index in [4.69, 9.17) is 0 Å². The van der Waals surface area contributed by atoms with E-state index in [1.54, 1.807) is 0 Å². The highest BCUT2D eigenvalue weighted by Crippen LogP contribution is 2.47. The van der Waals surface area contributed by atoms with E-state index in [2.05, 4.69) is 26.1 Å². The third-order valence-electron chi connectivity index (χ3n) is 5.00. The molecule has 92 valence electrons. The van der Waals surface area contributed by atoms with Crippen molar-refractivity contribution in [2.24, 2.45) is 23.2 Å². The third-order valence-corrected chi connectivity index (χ3v) is 5.00. The van der Waals surface area contributed by atoms with Crippen molar-refractivity contribution in [1.29, 1.82) is 0 Å². The molecule has 3 saturated carbocycles. The zero-order chi connectivity index (χ0) is 11.3. The van der Waals surface area contributed by atoms with Gasteiger partial charge in [-0.1, -0.05) is 20.8 Å². The third kappa shape index (κ3) is 2.30. The van der Waals surface area contributed by atoms with E-state index in [9.17, 15) is 0 Å². The van der Waals surface area contributed by atoms with Crippen molar-refractivity contribution < 1.29 is 0 Å². The van der Waals surface area contributed by atoms with Crippen LogP contribution in [0, 0.1) is 23.2 Å². The first-order valence-electron chi connectivity index (χ1n) is 7.31. The molecule has 3 fully saturated rings. The lowest BCUT2D eigenvalue weighted by Crippen LogP contribution is -2.42. The maximum atomic E-state index is 4.05. The second-order valence-electron chi connectivity index (χ2n) is 7.52. The van der Waals surface area contributed by atoms with Gasteiger partial charge in [-0.05, 0) is 61.7 Å². The Hall–Kier alpha value is -0.0400. The van der Waals surface area contributed by atoms with Gasteiger partial charge in [-0.25, -0.2) is 0 Å². The first-order valence-corrected chi connectivity index (χ1v) is 7.31. The fourth-order valence-electron chi connectivity index (χ4n) is 3.93. The van der Waals surface area contributed by atoms with Crippen molar-refractivity contribution in [3.63, 3.8) is 0 Å². The highest BCUT2D eigenvalue weighted by molar-refractivity contribution is 5.00. The molecule has 1 nitrogen and oxygen atoms in total. The fourth-order valence-corrected chi connectivity index (χ4v) is 3.93. The Labute approximate surface area is 100 Å². The predicted molar refractivity (Wildman–Crippen MR) is 68.3 cm³/mol. The molecule has 0 bridgehead atoms. The molecule has 3 aliphatic rings. The summed E-state index contributed by atoms with van der Waals surface area (Å²) in [7, 11) is 0. The summed E-state index contributed by atoms with van der Waals surface area (Å²) >= 11 is 0. The first-order chi connectivity index (χ1) is 7.55. The van der Waals surface area contributed by atoms with Gasteiger partial charge in [0.05, 0.1) is 0 Å². The van der Waals surface area contributed by atoms with Gasteiger partial charge in [-0.2, -0.15) is 0 Å². The molecule has 1 N–H and O–H groups in total. The molecule has 2 unspecified atom stereocenters. The van der Waals surface area contributed by atoms with Crippen molar-refractivity contribution in [3.05, 3.63) is 0 Å². The zero-order valence-electron chi connectivity index (χ0n) is 11.1. The van der Waals surface area contributed by atoms with Crippen LogP contribution >= 0.6 is 0 Å². The van der Waals surface area contributed by atoms with Crippen molar-refractivity contribution in [1.82, 2.24) is 5.32 Å². The molecule has 3 aliphatic carbocycles. The van der Waals surface area contributed by atoms with Gasteiger partial charge >= 0.3 is 0 Å². The molecule has 0 radical (unpaired) electrons. The van der Waals surface area contributed by atoms with Gasteiger partial charge in [0.2, 0.25) is 0 Å². The van der Waals surface area contributed by atoms with E-state index in [1.165, 1.54) is 38.5 Å². The Morgan fingerprint density at radius 3 is 1.94 bits per heavy atom. The number of hydrogen-bond acceptors (Lipinski definition) is 1. The Bertz CT molecular complexity index is 251. The van der Waals surface area contributed by atoms with Crippen molar-refractivity contribution in [3.8, 4) is 0 Å². The lowest BCUT2D eigenvalue weighted by Gasteiger charge is -2.26. The number of hydrogen-bond donors (Lipinski definition) is 1. The Morgan fingerprint density at radius 1 is 1.00 bits per heavy atom. The largest absolute Gasteiger partial charge is 0.310 e. The lowest BCUT2D eigenvalue weighted by atomic mass is 9.91. The van der Waals surface area contributed by atoms with Gasteiger partial charge < -0.3 is 5.32 Å². The minimum atomic E-state index is 0.578. The van der Waals surface area contributed by atoms with E-state index in [0.29, 0.717) is 5.41 Å². The first kappa shape index (κ1) is 11.1. The summed E-state index contributed by atoms with van der Waals surface area (Å²) in [5, 5.41) is 4.05. The van der Waals surface area contributed by atoms with E-state index in [0.717, 1.165) is 29.8 Å². The molecule has 16 heavy (non-hydrogen) atoms. The smallest absolute Gasteiger partial charge is 0.0126 e. The summed E-state index contributed by atoms with van der Waals surface area (Å²) in [5.41, 5.74) is 0.578. The summed E-state index contributed by atoms with van der Waals surface area (Å²) in [6, 6.07) is 1.70. The lowest BCUT2D eigenvalue weighted by molar-refractivity contribution is 0.316. The topological polar surface area (TPSA) is 12.0 Å². The molecule has 0 aromatic carbocycles. The summed E-state index contributed by atoms with van der Waals surface area (Å²) in [5.74, 6) is 2.97. The number of nitrogens with one attached hydrogen (secondary N) is 1. The molecule has 2 atom stereocenters. The summed E-state index contributed by atoms with van der Waals surface area (Å²) < 4.78 is 0. The Morgan fingerprint density at radius 2 is 1.56 bits per heavy atom. The summed E-state index contributed by atoms with van der Waals surface area (Å²) in [4.78, 5) is 0. The number of rotatable bonds is 4. The molecule has 0 heterocycles. The standard InChI is InChI=1S/C15H27N/c1-10-8-15(2,3)9-13(10)16-14(11-4-5-11)12-6-7-12/h10-14,16H,4-9H2,1-3H3. The van der Waals surface area contributed by atoms with Crippen LogP contribution in [0.25, 0.3) is 0 Å². The quantitative estimate of drug-likeness (QED) is 0.765. The normalized spacial score (nSPS) is 38.2. The molecular weight excluding hydrogens is 194 g/mol. The van der Waals surface area contributed by atoms with Crippen LogP contribution in [-0.2, 0) is 0 Å². The Balaban J connectivity index is 1.60. The van der Waals surface area contributed by atoms with Gasteiger partial charge in [0, 0.05) is 12.1 Å². The van der Waals surface area contributed by atoms with E-state index in [1.807, 2.05) is 0 Å². The maximum absolute atomic E-state index is 4.05. The van der Waals surface area contributed by atoms with Crippen molar-refractivity contribution in [2.45, 2.75) is 71.4 Å². The second kappa shape index (κ2) is 3.73. The van der Waals surface area contributed by atoms with Crippen LogP contribution in [0.4, 0.5) is 0 Å². The van der Waals surface area contributed by atoms with Gasteiger partial charge in [0.1, 0.15) is 0 Å². The highest BCUT2D eigenvalue weighted by atomic mass is 15.0. The average Bonchev–Trinajstić information content (AvgIpc) is 3.03. The molecule has 0 amide bonds. The Kier molecular flexibility index (Phi) is 2.58. The molecule has 0 aliphatic heterocycles. The van der Waals surface area contributed by atoms with Crippen LogP contribution in [0.3, 0.4) is 0 Å². The predicted octanol–water partition coefficient (Wildman–Crippen LogP) is 3.59. The molecule has 3 rings (SSSR count). The van der Waals surface area contributed by atoms with Crippen molar-refractivity contribution in [2.75, 3.05) is 0 Å². The monoisotopic (exact) mass is 221 g/mol. The van der Waals surface area contributed by atoms with Crippen LogP contribution in [-0.4, -0.2) is 12.1 Å². The molecule has 1 heteroatoms. The van der Waals surface area contributed by atoms with Crippen LogP contribution in [0.15, 0.2) is 0 Å². The molecular formula is C15H27N. The minimum absolute atomic E-state index is 0.578. The average molecular weight is 221 g/mol. The maximum Gasteiger partial charge on any atom is 0.0126 e. The molecule has 0 aromatic rings. The van der Waals surface area contributed by atoms with E-state index >= 15 is 0 Å². The highest BCUT2D eigenvalue weighted by Gasteiger charge is 2.45. The fraction of sp³-hybridized carbons (Fsp3) is 1.00. The second-order valence-corrected chi connectivity index (χ2v) is 7.52. The van der Waals surface area contributed by atoms with Crippen LogP contribution in [0.1, 0.15) is 59.3 Å². The van der Waals surface area contributed by atoms with Gasteiger partial charge in [0.25, 0.3) is 0 Å². The minimum Gasteiger partial charge on any atom is -0.310 e. The van der Waals surface area contributed by atoms with E-state index in [-0.39, 0.29) is 0 Å². The SMILES string of the molecule is CC1CC(C)(C)CC1NC(C1CC1)C1CC1. The van der Waals surface area contributed by atoms with Crippen LogP contribution in [0.5, 0.6) is 0 Å². The molecule has 0 aromatic heterocycles. The van der Waals surface area contributed by atoms with Crippen LogP contribution < -0.4 is 5.32 Å². The molecule has 0 saturated heterocycles. The summed E-state index contributed by atoms with van der Waals surface area (Å²) in [6.45, 7) is 7.33. The van der Waals surface area contributed by atoms with Crippen LogP contribution in [0.2, 0.25) is 0 Å². The van der Waals surface area contributed by atoms with E-state index < -0.39 is 0 Å².